The van der Waals surface area contributed by atoms with Crippen molar-refractivity contribution in [3.63, 3.8) is 0 Å². The highest BCUT2D eigenvalue weighted by Crippen LogP contribution is 2.41. The number of hydrogen-bond acceptors (Lipinski definition) is 9. The topological polar surface area (TPSA) is 114 Å². The van der Waals surface area contributed by atoms with Gasteiger partial charge < -0.3 is 24.4 Å². The molecule has 0 amide bonds. The molecule has 16 heteroatoms. The first-order valence-electron chi connectivity index (χ1n) is 12.1. The maximum Gasteiger partial charge on any atom is 0.406 e. The van der Waals surface area contributed by atoms with Crippen LogP contribution in [-0.2, 0) is 6.54 Å². The van der Waals surface area contributed by atoms with Gasteiger partial charge in [-0.3, -0.25) is 10.1 Å². The number of rotatable bonds is 8. The van der Waals surface area contributed by atoms with Crippen molar-refractivity contribution in [2.24, 2.45) is 0 Å². The Kier molecular flexibility index (Phi) is 7.10. The zero-order valence-corrected chi connectivity index (χ0v) is 21.9. The summed E-state index contributed by atoms with van der Waals surface area (Å²) in [5, 5.41) is 14.7. The number of nitro benzene ring substituents is 1. The molecule has 11 nitrogen and oxygen atoms in total. The summed E-state index contributed by atoms with van der Waals surface area (Å²) in [4.78, 5) is 27.5. The maximum atomic E-state index is 14.4. The first-order chi connectivity index (χ1) is 19.3. The van der Waals surface area contributed by atoms with Gasteiger partial charge in [-0.25, -0.2) is 23.7 Å². The number of nitro groups is 1. The number of anilines is 3. The summed E-state index contributed by atoms with van der Waals surface area (Å²) in [6, 6.07) is 5.53. The molecule has 0 spiro atoms. The van der Waals surface area contributed by atoms with E-state index >= 15 is 0 Å². The lowest BCUT2D eigenvalue weighted by Crippen LogP contribution is -2.57. The minimum absolute atomic E-state index is 0.127. The summed E-state index contributed by atoms with van der Waals surface area (Å²) in [7, 11) is 5.22. The van der Waals surface area contributed by atoms with Gasteiger partial charge in [0.2, 0.25) is 5.95 Å². The molecule has 5 rings (SSSR count). The number of ether oxygens (including phenoxy) is 1. The average molecular weight is 579 g/mol. The fourth-order valence-corrected chi connectivity index (χ4v) is 4.55. The molecule has 216 valence electrons. The van der Waals surface area contributed by atoms with E-state index in [9.17, 15) is 32.1 Å². The maximum absolute atomic E-state index is 14.4. The van der Waals surface area contributed by atoms with Crippen LogP contribution in [0, 0.1) is 21.7 Å². The summed E-state index contributed by atoms with van der Waals surface area (Å²) >= 11 is 0. The first kappa shape index (κ1) is 27.9. The van der Waals surface area contributed by atoms with Crippen LogP contribution in [0.1, 0.15) is 0 Å². The molecule has 1 N–H and O–H groups in total. The number of likely N-dealkylation sites (N-methyl/N-ethyl adjacent to an activating group) is 1. The third-order valence-corrected chi connectivity index (χ3v) is 6.67. The Balaban J connectivity index is 1.53. The Labute approximate surface area is 229 Å². The lowest BCUT2D eigenvalue weighted by Gasteiger charge is -2.44. The SMILES string of the molecule is COc1cc(N2CC(N(C)C)C2)c([N+](=O)[O-])cc1Nc1nccc(-c2nc3c(F)cc(F)cc3n2CC(F)(F)F)n1. The molecule has 1 aliphatic heterocycles. The molecular formula is C25H23F5N8O3. The predicted molar refractivity (Wildman–Crippen MR) is 139 cm³/mol. The molecule has 3 heterocycles. The van der Waals surface area contributed by atoms with Crippen molar-refractivity contribution >= 4 is 34.0 Å². The lowest BCUT2D eigenvalue weighted by atomic mass is 10.1. The predicted octanol–water partition coefficient (Wildman–Crippen LogP) is 4.74. The Bertz CT molecular complexity index is 1640. The molecule has 41 heavy (non-hydrogen) atoms. The van der Waals surface area contributed by atoms with Crippen molar-refractivity contribution in [1.82, 2.24) is 24.4 Å². The second kappa shape index (κ2) is 10.4. The van der Waals surface area contributed by atoms with Crippen molar-refractivity contribution < 1.29 is 31.6 Å². The molecule has 0 aliphatic carbocycles. The van der Waals surface area contributed by atoms with Gasteiger partial charge in [0.25, 0.3) is 5.69 Å². The van der Waals surface area contributed by atoms with Crippen molar-refractivity contribution in [3.05, 3.63) is 58.3 Å². The molecule has 0 saturated carbocycles. The fourth-order valence-electron chi connectivity index (χ4n) is 4.55. The van der Waals surface area contributed by atoms with Gasteiger partial charge in [-0.1, -0.05) is 0 Å². The van der Waals surface area contributed by atoms with Crippen LogP contribution in [0.5, 0.6) is 5.75 Å². The van der Waals surface area contributed by atoms with Gasteiger partial charge in [-0.15, -0.1) is 0 Å². The van der Waals surface area contributed by atoms with E-state index in [2.05, 4.69) is 20.3 Å². The van der Waals surface area contributed by atoms with E-state index in [0.29, 0.717) is 29.4 Å². The fraction of sp³-hybridized carbons (Fsp3) is 0.320. The highest BCUT2D eigenvalue weighted by molar-refractivity contribution is 5.81. The molecule has 0 atom stereocenters. The van der Waals surface area contributed by atoms with Crippen LogP contribution in [0.15, 0.2) is 36.5 Å². The Morgan fingerprint density at radius 1 is 1.17 bits per heavy atom. The van der Waals surface area contributed by atoms with Gasteiger partial charge in [-0.2, -0.15) is 13.2 Å². The highest BCUT2D eigenvalue weighted by atomic mass is 19.4. The minimum atomic E-state index is -4.74. The quantitative estimate of drug-likeness (QED) is 0.180. The van der Waals surface area contributed by atoms with Crippen LogP contribution in [0.25, 0.3) is 22.6 Å². The molecule has 1 aliphatic rings. The number of methoxy groups -OCH3 is 1. The van der Waals surface area contributed by atoms with Crippen molar-refractivity contribution in [2.45, 2.75) is 18.8 Å². The lowest BCUT2D eigenvalue weighted by molar-refractivity contribution is -0.384. The first-order valence-corrected chi connectivity index (χ1v) is 12.1. The number of nitrogens with zero attached hydrogens (tertiary/aromatic N) is 7. The monoisotopic (exact) mass is 578 g/mol. The second-order valence-corrected chi connectivity index (χ2v) is 9.60. The van der Waals surface area contributed by atoms with E-state index in [1.807, 2.05) is 23.9 Å². The summed E-state index contributed by atoms with van der Waals surface area (Å²) < 4.78 is 74.6. The molecule has 2 aromatic heterocycles. The van der Waals surface area contributed by atoms with Gasteiger partial charge in [-0.05, 0) is 26.2 Å². The molecule has 4 aromatic rings. The summed E-state index contributed by atoms with van der Waals surface area (Å²) in [5.41, 5.74) is -0.719. The molecule has 0 unspecified atom stereocenters. The Morgan fingerprint density at radius 2 is 1.90 bits per heavy atom. The van der Waals surface area contributed by atoms with Crippen LogP contribution in [0.2, 0.25) is 0 Å². The van der Waals surface area contributed by atoms with Crippen LogP contribution in [-0.4, -0.2) is 75.9 Å². The van der Waals surface area contributed by atoms with Gasteiger partial charge >= 0.3 is 6.18 Å². The number of imidazole rings is 1. The average Bonchev–Trinajstić information content (AvgIpc) is 3.20. The number of benzene rings is 2. The number of nitrogens with one attached hydrogen (secondary N) is 1. The number of halogens is 5. The summed E-state index contributed by atoms with van der Waals surface area (Å²) in [6.45, 7) is -0.419. The zero-order valence-electron chi connectivity index (χ0n) is 21.9. The van der Waals surface area contributed by atoms with Gasteiger partial charge in [0.1, 0.15) is 35.0 Å². The van der Waals surface area contributed by atoms with E-state index in [1.165, 1.54) is 31.5 Å². The molecule has 1 fully saturated rings. The van der Waals surface area contributed by atoms with Crippen LogP contribution in [0.4, 0.5) is 45.0 Å². The Hall–Kier alpha value is -4.60. The molecule has 0 bridgehead atoms. The van der Waals surface area contributed by atoms with Crippen molar-refractivity contribution in [1.29, 1.82) is 0 Å². The minimum Gasteiger partial charge on any atom is -0.494 e. The van der Waals surface area contributed by atoms with E-state index in [-0.39, 0.29) is 40.6 Å². The van der Waals surface area contributed by atoms with E-state index < -0.39 is 40.3 Å². The summed E-state index contributed by atoms with van der Waals surface area (Å²) in [6.07, 6.45) is -3.52. The number of hydrogen-bond donors (Lipinski definition) is 1. The zero-order chi connectivity index (χ0) is 29.6. The molecule has 1 saturated heterocycles. The number of aromatic nitrogens is 4. The van der Waals surface area contributed by atoms with Crippen LogP contribution < -0.4 is 15.0 Å². The van der Waals surface area contributed by atoms with E-state index in [1.54, 1.807) is 0 Å². The van der Waals surface area contributed by atoms with Crippen LogP contribution >= 0.6 is 0 Å². The van der Waals surface area contributed by atoms with Gasteiger partial charge in [0.15, 0.2) is 11.6 Å². The summed E-state index contributed by atoms with van der Waals surface area (Å²) in [5.74, 6) is -2.51. The third kappa shape index (κ3) is 5.54. The third-order valence-electron chi connectivity index (χ3n) is 6.67. The van der Waals surface area contributed by atoms with Crippen molar-refractivity contribution in [2.75, 3.05) is 44.5 Å². The molecule has 0 radical (unpaired) electrons. The van der Waals surface area contributed by atoms with Crippen LogP contribution in [0.3, 0.4) is 0 Å². The largest absolute Gasteiger partial charge is 0.494 e. The number of fused-ring (bicyclic) bond motifs is 1. The Morgan fingerprint density at radius 3 is 2.54 bits per heavy atom. The van der Waals surface area contributed by atoms with Crippen molar-refractivity contribution in [3.8, 4) is 17.3 Å². The second-order valence-electron chi connectivity index (χ2n) is 9.60. The van der Waals surface area contributed by atoms with E-state index in [4.69, 9.17) is 4.74 Å². The molecular weight excluding hydrogens is 555 g/mol. The normalized spacial score (nSPS) is 14.0. The highest BCUT2D eigenvalue weighted by Gasteiger charge is 2.34. The van der Waals surface area contributed by atoms with Gasteiger partial charge in [0, 0.05) is 43.5 Å². The standard InChI is InChI=1S/C25H23F5N8O3/c1-35(2)14-10-36(11-14)18-9-21(41-3)17(8-19(18)38(39)40)33-24-31-5-4-16(32-24)23-34-22-15(27)6-13(26)7-20(22)37(23)12-25(28,29)30/h4-9,14H,10-12H2,1-3H3,(H,31,32,33). The molecule has 2 aromatic carbocycles. The van der Waals surface area contributed by atoms with Gasteiger partial charge in [0.05, 0.1) is 23.2 Å². The van der Waals surface area contributed by atoms with E-state index in [0.717, 1.165) is 6.07 Å². The smallest absolute Gasteiger partial charge is 0.406 e. The number of alkyl halides is 3.